The number of carbonyl (C=O) groups excluding carboxylic acids is 2. The summed E-state index contributed by atoms with van der Waals surface area (Å²) in [6.07, 6.45) is 5.50. The maximum atomic E-state index is 11.5. The molecule has 4 nitrogen and oxygen atoms in total. The van der Waals surface area contributed by atoms with Crippen molar-refractivity contribution in [3.05, 3.63) is 18.5 Å². The van der Waals surface area contributed by atoms with Crippen LogP contribution in [-0.4, -0.2) is 29.4 Å². The van der Waals surface area contributed by atoms with Crippen LogP contribution in [0.25, 0.3) is 0 Å². The first-order chi connectivity index (χ1) is 8.22. The number of nitrogens with zero attached hydrogens (tertiary/aromatic N) is 1. The molecule has 0 aromatic carbocycles. The summed E-state index contributed by atoms with van der Waals surface area (Å²) < 4.78 is 5.08. The van der Waals surface area contributed by atoms with E-state index >= 15 is 0 Å². The maximum absolute atomic E-state index is 11.5. The molecule has 0 aromatic rings. The Morgan fingerprint density at radius 3 is 3.00 bits per heavy atom. The number of hydrogen-bond donors (Lipinski definition) is 0. The minimum Gasteiger partial charge on any atom is -0.417 e. The van der Waals surface area contributed by atoms with Gasteiger partial charge in [0.15, 0.2) is 5.94 Å². The Kier molecular flexibility index (Phi) is 5.50. The lowest BCUT2D eigenvalue weighted by Gasteiger charge is -2.21. The summed E-state index contributed by atoms with van der Waals surface area (Å²) in [5, 5.41) is 0. The van der Waals surface area contributed by atoms with Crippen molar-refractivity contribution in [3.8, 4) is 0 Å². The van der Waals surface area contributed by atoms with Crippen molar-refractivity contribution in [2.24, 2.45) is 0 Å². The van der Waals surface area contributed by atoms with E-state index in [2.05, 4.69) is 6.58 Å². The van der Waals surface area contributed by atoms with Crippen molar-refractivity contribution in [1.29, 1.82) is 0 Å². The van der Waals surface area contributed by atoms with Crippen molar-refractivity contribution in [3.63, 3.8) is 0 Å². The second-order valence-electron chi connectivity index (χ2n) is 4.12. The van der Waals surface area contributed by atoms with Gasteiger partial charge in [-0.2, -0.15) is 0 Å². The Morgan fingerprint density at radius 2 is 2.41 bits per heavy atom. The fourth-order valence-corrected chi connectivity index (χ4v) is 1.94. The highest BCUT2D eigenvalue weighted by Gasteiger charge is 2.28. The third kappa shape index (κ3) is 3.75. The van der Waals surface area contributed by atoms with Gasteiger partial charge in [-0.1, -0.05) is 19.9 Å². The second kappa shape index (κ2) is 6.92. The molecule has 1 fully saturated rings. The molecule has 0 aromatic heterocycles. The zero-order valence-corrected chi connectivity index (χ0v) is 10.3. The summed E-state index contributed by atoms with van der Waals surface area (Å²) >= 11 is 0. The van der Waals surface area contributed by atoms with Gasteiger partial charge in [0.05, 0.1) is 6.04 Å². The van der Waals surface area contributed by atoms with E-state index in [1.54, 1.807) is 12.1 Å². The number of rotatable bonds is 6. The zero-order chi connectivity index (χ0) is 12.7. The largest absolute Gasteiger partial charge is 0.417 e. The van der Waals surface area contributed by atoms with Crippen molar-refractivity contribution in [2.75, 3.05) is 6.54 Å². The van der Waals surface area contributed by atoms with Gasteiger partial charge in [-0.25, -0.2) is 4.79 Å². The van der Waals surface area contributed by atoms with Crippen LogP contribution in [0.5, 0.6) is 0 Å². The first kappa shape index (κ1) is 13.5. The molecule has 1 aliphatic heterocycles. The summed E-state index contributed by atoms with van der Waals surface area (Å²) in [5.74, 6) is 1.50. The van der Waals surface area contributed by atoms with Crippen LogP contribution in [0.4, 0.5) is 0 Å². The van der Waals surface area contributed by atoms with Gasteiger partial charge in [-0.15, -0.1) is 0 Å². The smallest absolute Gasteiger partial charge is 0.311 e. The summed E-state index contributed by atoms with van der Waals surface area (Å²) in [7, 11) is 0. The zero-order valence-electron chi connectivity index (χ0n) is 10.3. The molecular weight excluding hydrogens is 218 g/mol. The van der Waals surface area contributed by atoms with E-state index in [1.165, 1.54) is 0 Å². The van der Waals surface area contributed by atoms with E-state index < -0.39 is 0 Å². The molecule has 1 saturated heterocycles. The van der Waals surface area contributed by atoms with E-state index in [0.717, 1.165) is 32.2 Å². The lowest BCUT2D eigenvalue weighted by atomic mass is 10.2. The number of unbranched alkanes of at least 4 members (excludes halogenated alkanes) is 1. The van der Waals surface area contributed by atoms with Crippen LogP contribution in [0, 0.1) is 0 Å². The predicted octanol–water partition coefficient (Wildman–Crippen LogP) is 2.04. The van der Waals surface area contributed by atoms with Gasteiger partial charge in [0.25, 0.3) is 0 Å². The maximum Gasteiger partial charge on any atom is 0.311 e. The molecule has 0 aliphatic carbocycles. The van der Waals surface area contributed by atoms with E-state index in [1.807, 2.05) is 11.8 Å². The summed E-state index contributed by atoms with van der Waals surface area (Å²) in [5.41, 5.74) is 0. The number of likely N-dealkylation sites (tertiary alicyclic amines) is 1. The van der Waals surface area contributed by atoms with Gasteiger partial charge in [0.2, 0.25) is 5.76 Å². The quantitative estimate of drug-likeness (QED) is 0.403. The molecule has 1 aliphatic rings. The Labute approximate surface area is 102 Å². The molecule has 0 bridgehead atoms. The molecule has 17 heavy (non-hydrogen) atoms. The average molecular weight is 237 g/mol. The van der Waals surface area contributed by atoms with E-state index in [4.69, 9.17) is 4.74 Å². The SMILES string of the molecule is C=CN1CCCC1C(=C=O)OC(=O)CCCC. The molecule has 0 radical (unpaired) electrons. The van der Waals surface area contributed by atoms with Crippen molar-refractivity contribution in [1.82, 2.24) is 4.90 Å². The highest BCUT2D eigenvalue weighted by atomic mass is 16.5. The van der Waals surface area contributed by atoms with Gasteiger partial charge in [-0.3, -0.25) is 4.79 Å². The summed E-state index contributed by atoms with van der Waals surface area (Å²) in [4.78, 5) is 24.2. The fourth-order valence-electron chi connectivity index (χ4n) is 1.94. The molecule has 0 spiro atoms. The van der Waals surface area contributed by atoms with E-state index in [0.29, 0.717) is 6.42 Å². The Hall–Kier alpha value is -1.54. The Balaban J connectivity index is 2.57. The van der Waals surface area contributed by atoms with Crippen molar-refractivity contribution in [2.45, 2.75) is 45.1 Å². The molecule has 0 amide bonds. The molecule has 94 valence electrons. The normalized spacial score (nSPS) is 18.6. The Morgan fingerprint density at radius 1 is 1.65 bits per heavy atom. The molecule has 0 N–H and O–H groups in total. The van der Waals surface area contributed by atoms with Crippen LogP contribution < -0.4 is 0 Å². The molecule has 1 heterocycles. The van der Waals surface area contributed by atoms with Crippen LogP contribution >= 0.6 is 0 Å². The molecular formula is C13H19NO3. The lowest BCUT2D eigenvalue weighted by Crippen LogP contribution is -2.28. The topological polar surface area (TPSA) is 46.6 Å². The number of hydrogen-bond acceptors (Lipinski definition) is 4. The van der Waals surface area contributed by atoms with Gasteiger partial charge >= 0.3 is 5.97 Å². The van der Waals surface area contributed by atoms with Crippen LogP contribution in [0.3, 0.4) is 0 Å². The number of esters is 1. The summed E-state index contributed by atoms with van der Waals surface area (Å²) in [6, 6.07) is -0.171. The number of ether oxygens (including phenoxy) is 1. The van der Waals surface area contributed by atoms with Gasteiger partial charge < -0.3 is 9.64 Å². The highest BCUT2D eigenvalue weighted by molar-refractivity contribution is 5.72. The summed E-state index contributed by atoms with van der Waals surface area (Å²) in [6.45, 7) is 6.52. The Bertz CT molecular complexity index is 332. The monoisotopic (exact) mass is 237 g/mol. The van der Waals surface area contributed by atoms with Crippen LogP contribution in [-0.2, 0) is 14.3 Å². The molecule has 1 unspecified atom stereocenters. The molecule has 0 saturated carbocycles. The van der Waals surface area contributed by atoms with Crippen LogP contribution in [0.2, 0.25) is 0 Å². The van der Waals surface area contributed by atoms with Crippen LogP contribution in [0.15, 0.2) is 18.5 Å². The van der Waals surface area contributed by atoms with Gasteiger partial charge in [0, 0.05) is 13.0 Å². The third-order valence-electron chi connectivity index (χ3n) is 2.89. The van der Waals surface area contributed by atoms with E-state index in [-0.39, 0.29) is 17.8 Å². The standard InChI is InChI=1S/C13H19NO3/c1-3-5-8-13(16)17-12(10-15)11-7-6-9-14(11)4-2/h4,11H,2-3,5-9H2,1H3. The van der Waals surface area contributed by atoms with Crippen molar-refractivity contribution >= 4 is 11.9 Å². The first-order valence-electron chi connectivity index (χ1n) is 6.06. The lowest BCUT2D eigenvalue weighted by molar-refractivity contribution is -0.140. The van der Waals surface area contributed by atoms with E-state index in [9.17, 15) is 9.59 Å². The average Bonchev–Trinajstić information content (AvgIpc) is 2.81. The van der Waals surface area contributed by atoms with Gasteiger partial charge in [-0.05, 0) is 25.5 Å². The second-order valence-corrected chi connectivity index (χ2v) is 4.12. The third-order valence-corrected chi connectivity index (χ3v) is 2.89. The first-order valence-corrected chi connectivity index (χ1v) is 6.06. The highest BCUT2D eigenvalue weighted by Crippen LogP contribution is 2.23. The minimum atomic E-state index is -0.346. The predicted molar refractivity (Wildman–Crippen MR) is 64.7 cm³/mol. The van der Waals surface area contributed by atoms with Crippen LogP contribution in [0.1, 0.15) is 39.0 Å². The van der Waals surface area contributed by atoms with Crippen molar-refractivity contribution < 1.29 is 14.3 Å². The fraction of sp³-hybridized carbons (Fsp3) is 0.615. The van der Waals surface area contributed by atoms with Gasteiger partial charge in [0.1, 0.15) is 0 Å². The number of carbonyl (C=O) groups is 1. The molecule has 1 rings (SSSR count). The molecule has 1 atom stereocenters. The minimum absolute atomic E-state index is 0.100. The molecule has 4 heteroatoms.